The molecule has 69 heavy (non-hydrogen) atoms. The number of fused-ring (bicyclic) bond motifs is 2. The van der Waals surface area contributed by atoms with Crippen molar-refractivity contribution in [3.8, 4) is 0 Å². The number of halogens is 4. The average Bonchev–Trinajstić information content (AvgIpc) is 3.90. The molecule has 0 bridgehead atoms. The highest BCUT2D eigenvalue weighted by atomic mass is 35.5. The van der Waals surface area contributed by atoms with Crippen molar-refractivity contribution in [1.82, 2.24) is 39.4 Å². The van der Waals surface area contributed by atoms with Gasteiger partial charge in [-0.25, -0.2) is 40.4 Å². The summed E-state index contributed by atoms with van der Waals surface area (Å²) in [6, 6.07) is 7.42. The molecule has 2 saturated heterocycles. The van der Waals surface area contributed by atoms with Crippen LogP contribution in [0.1, 0.15) is 105 Å². The first-order valence-electron chi connectivity index (χ1n) is 21.7. The number of benzene rings is 2. The SMILES string of the molecule is CNc1c(C)c(C)nc2cc([C@@H]3CCCCN3)nn12.CNc1c(C)c(C)nc2cc([C@@H]3CCCCN3C(=O)c3cc(F)cc(Cl)c3NS(C)(=O)=O)nn12.CS(=O)(=O)Nc1c(Cl)cc(F)cc1C(=O)O. The Morgan fingerprint density at radius 1 is 0.710 bits per heavy atom. The molecule has 372 valence electrons. The molecule has 0 radical (unpaired) electrons. The van der Waals surface area contributed by atoms with Crippen LogP contribution >= 0.6 is 23.2 Å². The van der Waals surface area contributed by atoms with Crippen LogP contribution in [0.3, 0.4) is 0 Å². The van der Waals surface area contributed by atoms with E-state index in [0.717, 1.165) is 102 Å². The fourth-order valence-corrected chi connectivity index (χ4v) is 9.96. The minimum Gasteiger partial charge on any atom is -0.478 e. The third kappa shape index (κ3) is 12.3. The molecule has 2 fully saturated rings. The number of carbonyl (C=O) groups excluding carboxylic acids is 1. The van der Waals surface area contributed by atoms with Gasteiger partial charge >= 0.3 is 5.97 Å². The Morgan fingerprint density at radius 3 is 1.67 bits per heavy atom. The summed E-state index contributed by atoms with van der Waals surface area (Å²) >= 11 is 11.7. The fourth-order valence-electron chi connectivity index (χ4n) is 8.16. The van der Waals surface area contributed by atoms with E-state index in [9.17, 15) is 35.2 Å². The number of carboxylic acids is 1. The molecule has 6 heterocycles. The van der Waals surface area contributed by atoms with Crippen LogP contribution in [0.5, 0.6) is 0 Å². The van der Waals surface area contributed by atoms with Crippen molar-refractivity contribution < 1.29 is 40.3 Å². The summed E-state index contributed by atoms with van der Waals surface area (Å²) in [7, 11) is -3.70. The fraction of sp³-hybridized carbons (Fsp3) is 0.409. The summed E-state index contributed by atoms with van der Waals surface area (Å²) in [4.78, 5) is 35.2. The number of likely N-dealkylation sites (tertiary alicyclic amines) is 1. The van der Waals surface area contributed by atoms with E-state index in [0.29, 0.717) is 36.4 Å². The maximum Gasteiger partial charge on any atom is 0.337 e. The molecule has 8 rings (SSSR count). The van der Waals surface area contributed by atoms with Gasteiger partial charge in [0.2, 0.25) is 20.0 Å². The van der Waals surface area contributed by atoms with Crippen molar-refractivity contribution in [3.05, 3.63) is 103 Å². The van der Waals surface area contributed by atoms with E-state index in [2.05, 4.69) is 43.6 Å². The van der Waals surface area contributed by atoms with Gasteiger partial charge in [-0.05, 0) is 90.6 Å². The van der Waals surface area contributed by atoms with Gasteiger partial charge in [0.05, 0.1) is 68.5 Å². The van der Waals surface area contributed by atoms with Crippen molar-refractivity contribution in [3.63, 3.8) is 0 Å². The quantitative estimate of drug-likeness (QED) is 0.0771. The second kappa shape index (κ2) is 21.4. The summed E-state index contributed by atoms with van der Waals surface area (Å²) in [5.41, 5.74) is 6.19. The molecule has 2 aliphatic heterocycles. The van der Waals surface area contributed by atoms with Crippen LogP contribution in [0.25, 0.3) is 11.3 Å². The second-order valence-electron chi connectivity index (χ2n) is 16.7. The monoisotopic (exact) mass is 1030 g/mol. The Morgan fingerprint density at radius 2 is 1.19 bits per heavy atom. The molecule has 6 N–H and O–H groups in total. The van der Waals surface area contributed by atoms with Gasteiger partial charge in [-0.3, -0.25) is 14.2 Å². The van der Waals surface area contributed by atoms with Crippen LogP contribution in [-0.2, 0) is 20.0 Å². The number of anilines is 4. The van der Waals surface area contributed by atoms with E-state index in [1.165, 1.54) is 12.8 Å². The first kappa shape index (κ1) is 52.5. The second-order valence-corrected chi connectivity index (χ2v) is 21.0. The van der Waals surface area contributed by atoms with Gasteiger partial charge < -0.3 is 26.0 Å². The predicted molar refractivity (Wildman–Crippen MR) is 263 cm³/mol. The smallest absolute Gasteiger partial charge is 0.337 e. The standard InChI is InChI=1S/C22H26ClFN6O3S.C14H21N5.C8H7ClFNO4S/c1-12-13(2)26-19-11-17(27-30(19)21(12)25-3)18-7-5-6-8-29(18)22(31)15-9-14(24)10-16(23)20(15)28-34(4,32)33;1-9-10(2)17-13-8-12(11-6-4-5-7-16-11)18-19(13)14(9)15-3;1-16(14,15)11-7-5(8(12)13)2-4(10)3-6(7)9/h9-11,18,25,28H,5-8H2,1-4H3;8,11,15-16H,4-7H2,1-3H3;2-3,11H,1H3,(H,12,13)/t18-;11-;/m00./s1. The number of aromatic nitrogens is 6. The Kier molecular flexibility index (Phi) is 16.3. The van der Waals surface area contributed by atoms with Crippen molar-refractivity contribution in [1.29, 1.82) is 0 Å². The Bertz CT molecular complexity index is 3170. The lowest BCUT2D eigenvalue weighted by atomic mass is 9.98. The predicted octanol–water partition coefficient (Wildman–Crippen LogP) is 7.67. The molecule has 4 aromatic heterocycles. The number of carbonyl (C=O) groups is 2. The molecular formula is C44H54Cl2F2N12O7S2. The van der Waals surface area contributed by atoms with Crippen molar-refractivity contribution >= 4 is 89.4 Å². The number of rotatable bonds is 10. The van der Waals surface area contributed by atoms with E-state index < -0.39 is 49.1 Å². The number of piperidine rings is 2. The number of aryl methyl sites for hydroxylation is 2. The van der Waals surface area contributed by atoms with Crippen LogP contribution in [-0.4, -0.2) is 108 Å². The summed E-state index contributed by atoms with van der Waals surface area (Å²) < 4.78 is 80.6. The molecular weight excluding hydrogens is 982 g/mol. The molecule has 1 amide bonds. The van der Waals surface area contributed by atoms with Crippen LogP contribution < -0.4 is 25.4 Å². The molecule has 0 aliphatic carbocycles. The Labute approximate surface area is 408 Å². The lowest BCUT2D eigenvalue weighted by Gasteiger charge is -2.35. The van der Waals surface area contributed by atoms with E-state index in [1.807, 2.05) is 50.2 Å². The number of carboxylic acid groups (broad SMARTS) is 1. The lowest BCUT2D eigenvalue weighted by Crippen LogP contribution is -2.39. The van der Waals surface area contributed by atoms with Gasteiger partial charge in [0.1, 0.15) is 23.3 Å². The average molecular weight is 1040 g/mol. The number of hydrogen-bond donors (Lipinski definition) is 6. The van der Waals surface area contributed by atoms with Gasteiger partial charge in [-0.1, -0.05) is 29.6 Å². The zero-order chi connectivity index (χ0) is 50.7. The lowest BCUT2D eigenvalue weighted by molar-refractivity contribution is 0.0605. The normalized spacial score (nSPS) is 16.3. The van der Waals surface area contributed by atoms with Crippen molar-refractivity contribution in [2.45, 2.75) is 78.3 Å². The zero-order valence-electron chi connectivity index (χ0n) is 39.1. The van der Waals surface area contributed by atoms with Crippen molar-refractivity contribution in [2.75, 3.05) is 59.8 Å². The van der Waals surface area contributed by atoms with Crippen LogP contribution in [0, 0.1) is 39.3 Å². The maximum absolute atomic E-state index is 14.2. The number of aromatic carboxylic acids is 1. The van der Waals surface area contributed by atoms with Gasteiger partial charge in [0.15, 0.2) is 11.3 Å². The number of nitrogens with zero attached hydrogens (tertiary/aromatic N) is 7. The van der Waals surface area contributed by atoms with E-state index in [4.69, 9.17) is 38.5 Å². The molecule has 19 nitrogen and oxygen atoms in total. The van der Waals surface area contributed by atoms with E-state index in [-0.39, 0.29) is 33.0 Å². The molecule has 0 saturated carbocycles. The zero-order valence-corrected chi connectivity index (χ0v) is 42.3. The largest absolute Gasteiger partial charge is 0.478 e. The summed E-state index contributed by atoms with van der Waals surface area (Å²) in [5, 5.41) is 27.7. The minimum absolute atomic E-state index is 0.139. The first-order valence-corrected chi connectivity index (χ1v) is 26.3. The number of sulfonamides is 2. The van der Waals surface area contributed by atoms with Gasteiger partial charge in [-0.2, -0.15) is 19.2 Å². The molecule has 2 atom stereocenters. The molecule has 6 aromatic rings. The van der Waals surface area contributed by atoms with Crippen LogP contribution in [0.2, 0.25) is 10.0 Å². The summed E-state index contributed by atoms with van der Waals surface area (Å²) in [6.07, 6.45) is 7.77. The molecule has 0 spiro atoms. The van der Waals surface area contributed by atoms with Crippen LogP contribution in [0.15, 0.2) is 36.4 Å². The molecule has 0 unspecified atom stereocenters. The minimum atomic E-state index is -3.76. The van der Waals surface area contributed by atoms with Gasteiger partial charge in [0.25, 0.3) is 5.91 Å². The molecule has 2 aliphatic rings. The van der Waals surface area contributed by atoms with Crippen LogP contribution in [0.4, 0.5) is 31.8 Å². The Balaban J connectivity index is 0.000000188. The number of hydrogen-bond acceptors (Lipinski definition) is 13. The third-order valence-corrected chi connectivity index (χ3v) is 13.3. The number of nitrogens with one attached hydrogen (secondary N) is 5. The van der Waals surface area contributed by atoms with E-state index >= 15 is 0 Å². The third-order valence-electron chi connectivity index (χ3n) is 11.6. The highest BCUT2D eigenvalue weighted by Gasteiger charge is 2.33. The first-order chi connectivity index (χ1) is 32.4. The molecule has 25 heteroatoms. The Hall–Kier alpha value is -5.88. The van der Waals surface area contributed by atoms with Crippen molar-refractivity contribution in [2.24, 2.45) is 0 Å². The highest BCUT2D eigenvalue weighted by Crippen LogP contribution is 2.37. The highest BCUT2D eigenvalue weighted by molar-refractivity contribution is 7.92. The maximum atomic E-state index is 14.2. The van der Waals surface area contributed by atoms with Gasteiger partial charge in [-0.15, -0.1) is 0 Å². The summed E-state index contributed by atoms with van der Waals surface area (Å²) in [6.45, 7) is 9.49. The summed E-state index contributed by atoms with van der Waals surface area (Å²) in [5.74, 6) is -1.76. The topological polar surface area (TPSA) is 246 Å². The molecule has 2 aromatic carbocycles. The van der Waals surface area contributed by atoms with Gasteiger partial charge in [0, 0.05) is 55.3 Å². The number of amides is 1. The van der Waals surface area contributed by atoms with E-state index in [1.54, 1.807) is 9.42 Å².